The van der Waals surface area contributed by atoms with E-state index in [-0.39, 0.29) is 12.5 Å². The van der Waals surface area contributed by atoms with Gasteiger partial charge in [0.25, 0.3) is 0 Å². The normalized spacial score (nSPS) is 14.4. The van der Waals surface area contributed by atoms with E-state index >= 15 is 0 Å². The molecular weight excluding hydrogens is 250 g/mol. The van der Waals surface area contributed by atoms with E-state index in [1.54, 1.807) is 20.8 Å². The second-order valence-electron chi connectivity index (χ2n) is 5.38. The number of carbonyl (C=O) groups is 2. The third-order valence-corrected chi connectivity index (χ3v) is 2.49. The third kappa shape index (κ3) is 7.00. The molecule has 0 unspecified atom stereocenters. The van der Waals surface area contributed by atoms with E-state index in [1.165, 1.54) is 7.11 Å². The number of carbonyl (C=O) groups excluding carboxylic acids is 2. The van der Waals surface area contributed by atoms with Gasteiger partial charge in [0.05, 0.1) is 7.11 Å². The predicted octanol–water partition coefficient (Wildman–Crippen LogP) is 1.46. The van der Waals surface area contributed by atoms with Crippen LogP contribution >= 0.6 is 0 Å². The molecular formula is C13H25NO5. The second-order valence-corrected chi connectivity index (χ2v) is 5.38. The minimum absolute atomic E-state index is 0.205. The Morgan fingerprint density at radius 3 is 2.26 bits per heavy atom. The molecule has 2 N–H and O–H groups in total. The number of rotatable bonds is 6. The van der Waals surface area contributed by atoms with E-state index in [1.807, 2.05) is 6.92 Å². The monoisotopic (exact) mass is 275 g/mol. The van der Waals surface area contributed by atoms with Gasteiger partial charge in [-0.3, -0.25) is 0 Å². The fraction of sp³-hybridized carbons (Fsp3) is 0.846. The molecule has 0 spiro atoms. The molecule has 0 radical (unpaired) electrons. The Morgan fingerprint density at radius 2 is 1.89 bits per heavy atom. The van der Waals surface area contributed by atoms with E-state index in [2.05, 4.69) is 10.1 Å². The molecule has 0 bridgehead atoms. The number of hydrogen-bond acceptors (Lipinski definition) is 5. The van der Waals surface area contributed by atoms with Gasteiger partial charge in [-0.05, 0) is 27.2 Å². The molecule has 0 aliphatic carbocycles. The number of aliphatic hydroxyl groups excluding tert-OH is 1. The fourth-order valence-electron chi connectivity index (χ4n) is 1.66. The lowest BCUT2D eigenvalue weighted by Gasteiger charge is -2.26. The van der Waals surface area contributed by atoms with Gasteiger partial charge >= 0.3 is 12.1 Å². The lowest BCUT2D eigenvalue weighted by atomic mass is 9.95. The molecule has 0 aromatic rings. The Morgan fingerprint density at radius 1 is 1.32 bits per heavy atom. The van der Waals surface area contributed by atoms with Crippen molar-refractivity contribution in [3.05, 3.63) is 0 Å². The largest absolute Gasteiger partial charge is 0.467 e. The van der Waals surface area contributed by atoms with Crippen molar-refractivity contribution >= 4 is 12.1 Å². The van der Waals surface area contributed by atoms with Crippen LogP contribution in [0, 0.1) is 5.92 Å². The summed E-state index contributed by atoms with van der Waals surface area (Å²) < 4.78 is 9.75. The number of amides is 1. The molecule has 0 aliphatic rings. The highest BCUT2D eigenvalue weighted by atomic mass is 16.6. The van der Waals surface area contributed by atoms with Crippen molar-refractivity contribution in [3.8, 4) is 0 Å². The number of esters is 1. The molecule has 0 aliphatic heterocycles. The van der Waals surface area contributed by atoms with Crippen molar-refractivity contribution in [1.29, 1.82) is 0 Å². The van der Waals surface area contributed by atoms with Crippen molar-refractivity contribution < 1.29 is 24.2 Å². The van der Waals surface area contributed by atoms with Crippen LogP contribution in [0.25, 0.3) is 0 Å². The number of nitrogens with one attached hydrogen (secondary N) is 1. The molecule has 0 aromatic heterocycles. The molecule has 0 saturated heterocycles. The van der Waals surface area contributed by atoms with E-state index < -0.39 is 23.7 Å². The Kier molecular flexibility index (Phi) is 7.44. The average Bonchev–Trinajstić information content (AvgIpc) is 2.30. The van der Waals surface area contributed by atoms with Crippen molar-refractivity contribution in [3.63, 3.8) is 0 Å². The molecule has 0 rings (SSSR count). The number of hydrogen-bond donors (Lipinski definition) is 2. The Bertz CT molecular complexity index is 298. The lowest BCUT2D eigenvalue weighted by Crippen LogP contribution is -2.49. The SMILES string of the molecule is CCC[C@@H](CO)[C@H](NC(=O)OC(C)(C)C)C(=O)OC. The van der Waals surface area contributed by atoms with E-state index in [9.17, 15) is 14.7 Å². The first-order chi connectivity index (χ1) is 8.75. The molecule has 19 heavy (non-hydrogen) atoms. The van der Waals surface area contributed by atoms with Gasteiger partial charge in [0, 0.05) is 12.5 Å². The van der Waals surface area contributed by atoms with Gasteiger partial charge in [0.15, 0.2) is 0 Å². The van der Waals surface area contributed by atoms with Crippen LogP contribution in [-0.4, -0.2) is 42.5 Å². The summed E-state index contributed by atoms with van der Waals surface area (Å²) in [5, 5.41) is 11.8. The summed E-state index contributed by atoms with van der Waals surface area (Å²) in [5.74, 6) is -0.969. The lowest BCUT2D eigenvalue weighted by molar-refractivity contribution is -0.145. The van der Waals surface area contributed by atoms with Gasteiger partial charge in [-0.15, -0.1) is 0 Å². The summed E-state index contributed by atoms with van der Waals surface area (Å²) in [6.45, 7) is 6.92. The molecule has 0 heterocycles. The van der Waals surface area contributed by atoms with Crippen molar-refractivity contribution in [2.45, 2.75) is 52.2 Å². The predicted molar refractivity (Wildman–Crippen MR) is 70.7 cm³/mol. The minimum atomic E-state index is -0.898. The van der Waals surface area contributed by atoms with Crippen LogP contribution in [0.5, 0.6) is 0 Å². The van der Waals surface area contributed by atoms with Crippen molar-refractivity contribution in [2.75, 3.05) is 13.7 Å². The zero-order chi connectivity index (χ0) is 15.1. The second kappa shape index (κ2) is 7.99. The minimum Gasteiger partial charge on any atom is -0.467 e. The maximum absolute atomic E-state index is 11.7. The third-order valence-electron chi connectivity index (χ3n) is 2.49. The van der Waals surface area contributed by atoms with Gasteiger partial charge in [-0.1, -0.05) is 13.3 Å². The number of alkyl carbamates (subject to hydrolysis) is 1. The fourth-order valence-corrected chi connectivity index (χ4v) is 1.66. The van der Waals surface area contributed by atoms with E-state index in [0.717, 1.165) is 6.42 Å². The van der Waals surface area contributed by atoms with Crippen LogP contribution in [0.3, 0.4) is 0 Å². The quantitative estimate of drug-likeness (QED) is 0.717. The van der Waals surface area contributed by atoms with Gasteiger partial charge in [0.2, 0.25) is 0 Å². The summed E-state index contributed by atoms with van der Waals surface area (Å²) in [7, 11) is 1.24. The molecule has 0 aromatic carbocycles. The Hall–Kier alpha value is -1.30. The molecule has 0 saturated carbocycles. The zero-order valence-corrected chi connectivity index (χ0v) is 12.4. The number of aliphatic hydroxyl groups is 1. The van der Waals surface area contributed by atoms with Crippen LogP contribution in [0.1, 0.15) is 40.5 Å². The average molecular weight is 275 g/mol. The van der Waals surface area contributed by atoms with Crippen molar-refractivity contribution in [2.24, 2.45) is 5.92 Å². The van der Waals surface area contributed by atoms with Crippen LogP contribution in [-0.2, 0) is 14.3 Å². The highest BCUT2D eigenvalue weighted by molar-refractivity contribution is 5.81. The first-order valence-electron chi connectivity index (χ1n) is 6.43. The van der Waals surface area contributed by atoms with E-state index in [0.29, 0.717) is 6.42 Å². The topological polar surface area (TPSA) is 84.9 Å². The summed E-state index contributed by atoms with van der Waals surface area (Å²) in [5.41, 5.74) is -0.649. The van der Waals surface area contributed by atoms with Gasteiger partial charge < -0.3 is 19.9 Å². The molecule has 6 heteroatoms. The summed E-state index contributed by atoms with van der Waals surface area (Å²) >= 11 is 0. The summed E-state index contributed by atoms with van der Waals surface area (Å²) in [6, 6.07) is -0.898. The van der Waals surface area contributed by atoms with Crippen molar-refractivity contribution in [1.82, 2.24) is 5.32 Å². The summed E-state index contributed by atoms with van der Waals surface area (Å²) in [4.78, 5) is 23.4. The Labute approximate surface area is 114 Å². The van der Waals surface area contributed by atoms with Gasteiger partial charge in [0.1, 0.15) is 11.6 Å². The number of ether oxygens (including phenoxy) is 2. The highest BCUT2D eigenvalue weighted by Gasteiger charge is 2.31. The first kappa shape index (κ1) is 17.7. The molecule has 112 valence electrons. The van der Waals surface area contributed by atoms with E-state index in [4.69, 9.17) is 4.74 Å². The van der Waals surface area contributed by atoms with Crippen LogP contribution in [0.2, 0.25) is 0 Å². The maximum atomic E-state index is 11.7. The zero-order valence-electron chi connectivity index (χ0n) is 12.4. The molecule has 0 fully saturated rings. The Balaban J connectivity index is 4.76. The highest BCUT2D eigenvalue weighted by Crippen LogP contribution is 2.14. The molecule has 2 atom stereocenters. The van der Waals surface area contributed by atoms with Crippen LogP contribution in [0.4, 0.5) is 4.79 Å². The van der Waals surface area contributed by atoms with Gasteiger partial charge in [-0.25, -0.2) is 9.59 Å². The maximum Gasteiger partial charge on any atom is 0.408 e. The van der Waals surface area contributed by atoms with Crippen LogP contribution < -0.4 is 5.32 Å². The molecule has 1 amide bonds. The molecule has 6 nitrogen and oxygen atoms in total. The number of methoxy groups -OCH3 is 1. The summed E-state index contributed by atoms with van der Waals surface area (Å²) in [6.07, 6.45) is 0.693. The standard InChI is InChI=1S/C13H25NO5/c1-6-7-9(8-15)10(11(16)18-5)14-12(17)19-13(2,3)4/h9-10,15H,6-8H2,1-5H3,(H,14,17)/t9-,10-/m0/s1. The smallest absolute Gasteiger partial charge is 0.408 e. The van der Waals surface area contributed by atoms with Crippen LogP contribution in [0.15, 0.2) is 0 Å². The van der Waals surface area contributed by atoms with Gasteiger partial charge in [-0.2, -0.15) is 0 Å². The first-order valence-corrected chi connectivity index (χ1v) is 6.43.